The van der Waals surface area contributed by atoms with Gasteiger partial charge < -0.3 is 10.6 Å². The summed E-state index contributed by atoms with van der Waals surface area (Å²) in [6.45, 7) is 0.516. The molecule has 2 N–H and O–H groups in total. The van der Waals surface area contributed by atoms with Crippen LogP contribution in [0.5, 0.6) is 0 Å². The van der Waals surface area contributed by atoms with Crippen LogP contribution in [-0.2, 0) is 27.7 Å². The van der Waals surface area contributed by atoms with Gasteiger partial charge in [0, 0.05) is 26.3 Å². The first-order valence-corrected chi connectivity index (χ1v) is 9.91. The van der Waals surface area contributed by atoms with Crippen LogP contribution in [0.3, 0.4) is 0 Å². The van der Waals surface area contributed by atoms with Gasteiger partial charge in [-0.2, -0.15) is 0 Å². The standard InChI is InChI=1S/C19H23N3O3S/c1-21(2)26(24,25)16-9-8-15-10-11-22(18(15)13-16)19(23)17(20)12-14-6-4-3-5-7-14/h3-9,13,17H,10-12,20H2,1-2H3/t17-/m0/s1. The number of benzene rings is 2. The van der Waals surface area contributed by atoms with Crippen LogP contribution in [0.4, 0.5) is 5.69 Å². The van der Waals surface area contributed by atoms with E-state index in [1.165, 1.54) is 14.1 Å². The highest BCUT2D eigenvalue weighted by molar-refractivity contribution is 7.89. The number of fused-ring (bicyclic) bond motifs is 1. The van der Waals surface area contributed by atoms with Crippen LogP contribution in [0.2, 0.25) is 0 Å². The summed E-state index contributed by atoms with van der Waals surface area (Å²) < 4.78 is 25.9. The summed E-state index contributed by atoms with van der Waals surface area (Å²) in [5.41, 5.74) is 8.74. The van der Waals surface area contributed by atoms with Crippen molar-refractivity contribution in [3.63, 3.8) is 0 Å². The molecule has 0 saturated heterocycles. The molecule has 1 amide bonds. The number of amides is 1. The maximum atomic E-state index is 12.8. The van der Waals surface area contributed by atoms with Gasteiger partial charge in [-0.25, -0.2) is 12.7 Å². The summed E-state index contributed by atoms with van der Waals surface area (Å²) in [5.74, 6) is -0.188. The van der Waals surface area contributed by atoms with E-state index in [4.69, 9.17) is 5.73 Å². The minimum Gasteiger partial charge on any atom is -0.320 e. The zero-order valence-corrected chi connectivity index (χ0v) is 15.7. The molecular weight excluding hydrogens is 350 g/mol. The smallest absolute Gasteiger partial charge is 0.244 e. The van der Waals surface area contributed by atoms with E-state index in [1.54, 1.807) is 23.1 Å². The first-order valence-electron chi connectivity index (χ1n) is 8.47. The Bertz CT molecular complexity index is 911. The van der Waals surface area contributed by atoms with Crippen LogP contribution < -0.4 is 10.6 Å². The third-order valence-corrected chi connectivity index (χ3v) is 6.42. The molecule has 6 nitrogen and oxygen atoms in total. The number of carbonyl (C=O) groups is 1. The van der Waals surface area contributed by atoms with Crippen LogP contribution in [0, 0.1) is 0 Å². The van der Waals surface area contributed by atoms with Crippen molar-refractivity contribution in [2.75, 3.05) is 25.5 Å². The van der Waals surface area contributed by atoms with Crippen molar-refractivity contribution in [3.8, 4) is 0 Å². The molecule has 26 heavy (non-hydrogen) atoms. The summed E-state index contributed by atoms with van der Waals surface area (Å²) >= 11 is 0. The number of sulfonamides is 1. The highest BCUT2D eigenvalue weighted by atomic mass is 32.2. The van der Waals surface area contributed by atoms with E-state index in [9.17, 15) is 13.2 Å². The molecule has 2 aromatic rings. The maximum Gasteiger partial charge on any atom is 0.244 e. The summed E-state index contributed by atoms with van der Waals surface area (Å²) in [6, 6.07) is 13.9. The van der Waals surface area contributed by atoms with Crippen LogP contribution in [0.25, 0.3) is 0 Å². The van der Waals surface area contributed by atoms with Crippen LogP contribution in [0.15, 0.2) is 53.4 Å². The van der Waals surface area contributed by atoms with Gasteiger partial charge in [0.2, 0.25) is 15.9 Å². The second-order valence-electron chi connectivity index (χ2n) is 6.61. The van der Waals surface area contributed by atoms with Crippen molar-refractivity contribution in [2.45, 2.75) is 23.8 Å². The molecule has 1 aliphatic rings. The van der Waals surface area contributed by atoms with Gasteiger partial charge in [0.15, 0.2) is 0 Å². The highest BCUT2D eigenvalue weighted by Crippen LogP contribution is 2.31. The fraction of sp³-hybridized carbons (Fsp3) is 0.316. The van der Waals surface area contributed by atoms with Crippen molar-refractivity contribution < 1.29 is 13.2 Å². The Kier molecular flexibility index (Phi) is 5.13. The molecule has 1 atom stereocenters. The lowest BCUT2D eigenvalue weighted by atomic mass is 10.1. The Morgan fingerprint density at radius 3 is 2.54 bits per heavy atom. The average molecular weight is 373 g/mol. The fourth-order valence-corrected chi connectivity index (χ4v) is 4.04. The van der Waals surface area contributed by atoms with Gasteiger partial charge in [-0.3, -0.25) is 4.79 Å². The Labute approximate surface area is 154 Å². The van der Waals surface area contributed by atoms with Gasteiger partial charge in [0.05, 0.1) is 10.9 Å². The summed E-state index contributed by atoms with van der Waals surface area (Å²) in [7, 11) is -0.578. The second kappa shape index (κ2) is 7.19. The molecule has 0 radical (unpaired) electrons. The minimum atomic E-state index is -3.55. The molecule has 138 valence electrons. The Morgan fingerprint density at radius 1 is 1.19 bits per heavy atom. The summed E-state index contributed by atoms with van der Waals surface area (Å²) in [5, 5.41) is 0. The Morgan fingerprint density at radius 2 is 1.88 bits per heavy atom. The van der Waals surface area contributed by atoms with Crippen LogP contribution in [-0.4, -0.2) is 45.3 Å². The lowest BCUT2D eigenvalue weighted by Gasteiger charge is -2.22. The predicted molar refractivity (Wildman–Crippen MR) is 101 cm³/mol. The molecule has 0 fully saturated rings. The van der Waals surface area contributed by atoms with E-state index in [2.05, 4.69) is 0 Å². The van der Waals surface area contributed by atoms with Gasteiger partial charge in [0.25, 0.3) is 0 Å². The third-order valence-electron chi connectivity index (χ3n) is 4.61. The molecule has 0 spiro atoms. The SMILES string of the molecule is CN(C)S(=O)(=O)c1ccc2c(c1)N(C(=O)[C@@H](N)Cc1ccccc1)CC2. The van der Waals surface area contributed by atoms with E-state index in [1.807, 2.05) is 30.3 Å². The number of hydrogen-bond donors (Lipinski definition) is 1. The normalized spacial score (nSPS) is 15.2. The number of carbonyl (C=O) groups excluding carboxylic acids is 1. The van der Waals surface area contributed by atoms with Crippen molar-refractivity contribution in [1.82, 2.24) is 4.31 Å². The number of nitrogens with zero attached hydrogens (tertiary/aromatic N) is 2. The number of hydrogen-bond acceptors (Lipinski definition) is 4. The fourth-order valence-electron chi connectivity index (χ4n) is 3.11. The van der Waals surface area contributed by atoms with Crippen molar-refractivity contribution in [2.24, 2.45) is 5.73 Å². The van der Waals surface area contributed by atoms with Crippen molar-refractivity contribution >= 4 is 21.6 Å². The number of rotatable bonds is 5. The van der Waals surface area contributed by atoms with Gasteiger partial charge in [-0.15, -0.1) is 0 Å². The molecule has 3 rings (SSSR count). The van der Waals surface area contributed by atoms with Crippen molar-refractivity contribution in [1.29, 1.82) is 0 Å². The van der Waals surface area contributed by atoms with Gasteiger partial charge >= 0.3 is 0 Å². The van der Waals surface area contributed by atoms with E-state index in [-0.39, 0.29) is 10.8 Å². The molecule has 0 unspecified atom stereocenters. The van der Waals surface area contributed by atoms with Crippen molar-refractivity contribution in [3.05, 3.63) is 59.7 Å². The molecule has 0 aromatic heterocycles. The minimum absolute atomic E-state index is 0.178. The lowest BCUT2D eigenvalue weighted by molar-refractivity contribution is -0.119. The van der Waals surface area contributed by atoms with Gasteiger partial charge in [-0.05, 0) is 36.1 Å². The molecule has 1 aliphatic heterocycles. The van der Waals surface area contributed by atoms with E-state index in [0.717, 1.165) is 15.4 Å². The lowest BCUT2D eigenvalue weighted by Crippen LogP contribution is -2.44. The highest BCUT2D eigenvalue weighted by Gasteiger charge is 2.30. The topological polar surface area (TPSA) is 83.7 Å². The van der Waals surface area contributed by atoms with E-state index in [0.29, 0.717) is 25.1 Å². The van der Waals surface area contributed by atoms with Crippen LogP contribution in [0.1, 0.15) is 11.1 Å². The maximum absolute atomic E-state index is 12.8. The van der Waals surface area contributed by atoms with Crippen LogP contribution >= 0.6 is 0 Å². The Hall–Kier alpha value is -2.22. The Balaban J connectivity index is 1.85. The van der Waals surface area contributed by atoms with Gasteiger partial charge in [0.1, 0.15) is 0 Å². The first kappa shape index (κ1) is 18.6. The summed E-state index contributed by atoms with van der Waals surface area (Å²) in [4.78, 5) is 14.6. The van der Waals surface area contributed by atoms with E-state index >= 15 is 0 Å². The zero-order valence-electron chi connectivity index (χ0n) is 14.9. The molecule has 0 aliphatic carbocycles. The molecule has 2 aromatic carbocycles. The third kappa shape index (κ3) is 3.51. The summed E-state index contributed by atoms with van der Waals surface area (Å²) in [6.07, 6.45) is 1.14. The number of nitrogens with two attached hydrogens (primary N) is 1. The largest absolute Gasteiger partial charge is 0.320 e. The van der Waals surface area contributed by atoms with Gasteiger partial charge in [-0.1, -0.05) is 36.4 Å². The average Bonchev–Trinajstić information content (AvgIpc) is 3.04. The monoisotopic (exact) mass is 373 g/mol. The molecule has 1 heterocycles. The first-order chi connectivity index (χ1) is 12.3. The second-order valence-corrected chi connectivity index (χ2v) is 8.77. The quantitative estimate of drug-likeness (QED) is 0.859. The van der Waals surface area contributed by atoms with E-state index < -0.39 is 16.1 Å². The molecule has 0 bridgehead atoms. The molecular formula is C19H23N3O3S. The number of anilines is 1. The zero-order chi connectivity index (χ0) is 18.9. The molecule has 7 heteroatoms. The predicted octanol–water partition coefficient (Wildman–Crippen LogP) is 1.40. The molecule has 0 saturated carbocycles.